The lowest BCUT2D eigenvalue weighted by Crippen LogP contribution is -2.25. The number of aromatic nitrogens is 1. The minimum atomic E-state index is 0.183. The minimum absolute atomic E-state index is 0.183. The molecule has 2 rings (SSSR count). The van der Waals surface area contributed by atoms with Crippen molar-refractivity contribution < 1.29 is 4.79 Å². The van der Waals surface area contributed by atoms with Crippen molar-refractivity contribution in [3.8, 4) is 0 Å². The molecule has 0 bridgehead atoms. The summed E-state index contributed by atoms with van der Waals surface area (Å²) in [6.07, 6.45) is 3.32. The maximum atomic E-state index is 11.5. The standard InChI is InChI=1S/C10H11BrN2O/c1-7-5-8(11)6-12-10(7)13-4-2-3-9(13)14/h5-6H,2-4H2,1H3. The molecule has 0 spiro atoms. The Bertz CT molecular complexity index is 378. The van der Waals surface area contributed by atoms with Crippen LogP contribution in [-0.2, 0) is 4.79 Å². The molecule has 0 aliphatic carbocycles. The predicted octanol–water partition coefficient (Wildman–Crippen LogP) is 2.28. The number of carbonyl (C=O) groups excluding carboxylic acids is 1. The fourth-order valence-corrected chi connectivity index (χ4v) is 2.13. The summed E-state index contributed by atoms with van der Waals surface area (Å²) in [5.41, 5.74) is 1.04. The summed E-state index contributed by atoms with van der Waals surface area (Å²) >= 11 is 3.35. The number of halogens is 1. The molecule has 1 aromatic heterocycles. The number of carbonyl (C=O) groups is 1. The number of amides is 1. The Morgan fingerprint density at radius 2 is 2.36 bits per heavy atom. The summed E-state index contributed by atoms with van der Waals surface area (Å²) in [5.74, 6) is 0.985. The summed E-state index contributed by atoms with van der Waals surface area (Å²) in [7, 11) is 0. The van der Waals surface area contributed by atoms with E-state index >= 15 is 0 Å². The molecule has 0 saturated carbocycles. The molecule has 1 aliphatic rings. The Hall–Kier alpha value is -0.900. The molecule has 1 saturated heterocycles. The van der Waals surface area contributed by atoms with Gasteiger partial charge in [0.1, 0.15) is 5.82 Å². The van der Waals surface area contributed by atoms with Crippen LogP contribution in [0.15, 0.2) is 16.7 Å². The van der Waals surface area contributed by atoms with Gasteiger partial charge in [0.2, 0.25) is 5.91 Å². The number of aryl methyl sites for hydroxylation is 1. The SMILES string of the molecule is Cc1cc(Br)cnc1N1CCCC1=O. The molecule has 3 nitrogen and oxygen atoms in total. The van der Waals surface area contributed by atoms with Crippen LogP contribution >= 0.6 is 15.9 Å². The van der Waals surface area contributed by atoms with Gasteiger partial charge >= 0.3 is 0 Å². The van der Waals surface area contributed by atoms with Gasteiger partial charge in [-0.05, 0) is 40.9 Å². The molecule has 2 heterocycles. The quantitative estimate of drug-likeness (QED) is 0.771. The second-order valence-electron chi connectivity index (χ2n) is 3.44. The van der Waals surface area contributed by atoms with Crippen molar-refractivity contribution in [1.29, 1.82) is 0 Å². The van der Waals surface area contributed by atoms with Gasteiger partial charge in [0.15, 0.2) is 0 Å². The first kappa shape index (κ1) is 9.65. The number of nitrogens with zero attached hydrogens (tertiary/aromatic N) is 2. The average Bonchev–Trinajstić information content (AvgIpc) is 2.52. The van der Waals surface area contributed by atoms with Crippen molar-refractivity contribution in [3.63, 3.8) is 0 Å². The van der Waals surface area contributed by atoms with Crippen LogP contribution in [0.3, 0.4) is 0 Å². The lowest BCUT2D eigenvalue weighted by molar-refractivity contribution is -0.117. The van der Waals surface area contributed by atoms with Crippen molar-refractivity contribution in [3.05, 3.63) is 22.3 Å². The van der Waals surface area contributed by atoms with Crippen molar-refractivity contribution in [1.82, 2.24) is 4.98 Å². The van der Waals surface area contributed by atoms with E-state index in [4.69, 9.17) is 0 Å². The predicted molar refractivity (Wildman–Crippen MR) is 58.3 cm³/mol. The van der Waals surface area contributed by atoms with E-state index in [1.54, 1.807) is 11.1 Å². The van der Waals surface area contributed by atoms with Gasteiger partial charge < -0.3 is 0 Å². The van der Waals surface area contributed by atoms with Crippen LogP contribution in [0.25, 0.3) is 0 Å². The third-order valence-electron chi connectivity index (χ3n) is 2.35. The van der Waals surface area contributed by atoms with Crippen LogP contribution in [0, 0.1) is 6.92 Å². The minimum Gasteiger partial charge on any atom is -0.297 e. The molecule has 1 aromatic rings. The van der Waals surface area contributed by atoms with Crippen LogP contribution in [0.2, 0.25) is 0 Å². The molecule has 4 heteroatoms. The van der Waals surface area contributed by atoms with E-state index in [0.717, 1.165) is 28.8 Å². The second-order valence-corrected chi connectivity index (χ2v) is 4.36. The molecule has 1 amide bonds. The second kappa shape index (κ2) is 3.69. The van der Waals surface area contributed by atoms with Gasteiger partial charge in [-0.3, -0.25) is 9.69 Å². The van der Waals surface area contributed by atoms with E-state index in [-0.39, 0.29) is 5.91 Å². The Labute approximate surface area is 91.3 Å². The zero-order chi connectivity index (χ0) is 10.1. The van der Waals surface area contributed by atoms with E-state index in [9.17, 15) is 4.79 Å². The monoisotopic (exact) mass is 254 g/mol. The molecule has 74 valence electrons. The third-order valence-corrected chi connectivity index (χ3v) is 2.78. The highest BCUT2D eigenvalue weighted by Crippen LogP contribution is 2.24. The Morgan fingerprint density at radius 3 is 2.93 bits per heavy atom. The highest BCUT2D eigenvalue weighted by atomic mass is 79.9. The fourth-order valence-electron chi connectivity index (χ4n) is 1.69. The van der Waals surface area contributed by atoms with Gasteiger partial charge in [-0.15, -0.1) is 0 Å². The van der Waals surface area contributed by atoms with Crippen LogP contribution in [0.4, 0.5) is 5.82 Å². The molecule has 1 fully saturated rings. The van der Waals surface area contributed by atoms with E-state index in [1.165, 1.54) is 0 Å². The Kier molecular flexibility index (Phi) is 2.54. The van der Waals surface area contributed by atoms with Gasteiger partial charge in [0, 0.05) is 23.6 Å². The largest absolute Gasteiger partial charge is 0.297 e. The van der Waals surface area contributed by atoms with Crippen molar-refractivity contribution in [2.45, 2.75) is 19.8 Å². The first-order chi connectivity index (χ1) is 6.68. The summed E-state index contributed by atoms with van der Waals surface area (Å²) < 4.78 is 0.949. The summed E-state index contributed by atoms with van der Waals surface area (Å²) in [6, 6.07) is 1.98. The number of hydrogen-bond acceptors (Lipinski definition) is 2. The lowest BCUT2D eigenvalue weighted by Gasteiger charge is -2.16. The Balaban J connectivity index is 2.36. The van der Waals surface area contributed by atoms with Gasteiger partial charge in [0.05, 0.1) is 0 Å². The molecule has 1 aliphatic heterocycles. The number of rotatable bonds is 1. The molecule has 14 heavy (non-hydrogen) atoms. The zero-order valence-electron chi connectivity index (χ0n) is 7.96. The van der Waals surface area contributed by atoms with Crippen molar-refractivity contribution >= 4 is 27.7 Å². The van der Waals surface area contributed by atoms with Crippen molar-refractivity contribution in [2.24, 2.45) is 0 Å². The first-order valence-corrected chi connectivity index (χ1v) is 5.40. The number of hydrogen-bond donors (Lipinski definition) is 0. The van der Waals surface area contributed by atoms with Gasteiger partial charge in [-0.25, -0.2) is 4.98 Å². The maximum Gasteiger partial charge on any atom is 0.228 e. The topological polar surface area (TPSA) is 33.2 Å². The highest BCUT2D eigenvalue weighted by Gasteiger charge is 2.23. The smallest absolute Gasteiger partial charge is 0.228 e. The van der Waals surface area contributed by atoms with E-state index in [2.05, 4.69) is 20.9 Å². The molecule has 0 unspecified atom stereocenters. The third kappa shape index (κ3) is 1.66. The van der Waals surface area contributed by atoms with Crippen LogP contribution in [-0.4, -0.2) is 17.4 Å². The highest BCUT2D eigenvalue weighted by molar-refractivity contribution is 9.10. The van der Waals surface area contributed by atoms with E-state index < -0.39 is 0 Å². The molecular weight excluding hydrogens is 244 g/mol. The van der Waals surface area contributed by atoms with Crippen LogP contribution in [0.1, 0.15) is 18.4 Å². The Morgan fingerprint density at radius 1 is 1.57 bits per heavy atom. The van der Waals surface area contributed by atoms with Gasteiger partial charge in [-0.1, -0.05) is 0 Å². The van der Waals surface area contributed by atoms with Gasteiger partial charge in [0.25, 0.3) is 0 Å². The molecular formula is C10H11BrN2O. The first-order valence-electron chi connectivity index (χ1n) is 4.61. The number of anilines is 1. The maximum absolute atomic E-state index is 11.5. The van der Waals surface area contributed by atoms with Crippen LogP contribution in [0.5, 0.6) is 0 Å². The number of pyridine rings is 1. The average molecular weight is 255 g/mol. The summed E-state index contributed by atoms with van der Waals surface area (Å²) in [4.78, 5) is 17.5. The van der Waals surface area contributed by atoms with E-state index in [0.29, 0.717) is 6.42 Å². The van der Waals surface area contributed by atoms with E-state index in [1.807, 2.05) is 13.0 Å². The molecule has 0 radical (unpaired) electrons. The molecule has 0 N–H and O–H groups in total. The normalized spacial score (nSPS) is 16.4. The molecule has 0 atom stereocenters. The van der Waals surface area contributed by atoms with Crippen molar-refractivity contribution in [2.75, 3.05) is 11.4 Å². The summed E-state index contributed by atoms with van der Waals surface area (Å²) in [5, 5.41) is 0. The van der Waals surface area contributed by atoms with Gasteiger partial charge in [-0.2, -0.15) is 0 Å². The fraction of sp³-hybridized carbons (Fsp3) is 0.400. The molecule has 0 aromatic carbocycles. The van der Waals surface area contributed by atoms with Crippen LogP contribution < -0.4 is 4.90 Å². The zero-order valence-corrected chi connectivity index (χ0v) is 9.54. The summed E-state index contributed by atoms with van der Waals surface area (Å²) in [6.45, 7) is 2.77. The lowest BCUT2D eigenvalue weighted by atomic mass is 10.3.